The molecule has 1 aromatic heterocycles. The van der Waals surface area contributed by atoms with E-state index in [0.717, 1.165) is 5.56 Å². The highest BCUT2D eigenvalue weighted by atomic mass is 19.1. The van der Waals surface area contributed by atoms with E-state index in [1.54, 1.807) is 13.3 Å². The molecule has 1 heterocycles. The lowest BCUT2D eigenvalue weighted by Gasteiger charge is -2.21. The number of pyridine rings is 1. The fourth-order valence-corrected chi connectivity index (χ4v) is 1.61. The van der Waals surface area contributed by atoms with E-state index in [0.29, 0.717) is 32.7 Å². The van der Waals surface area contributed by atoms with Gasteiger partial charge in [0.2, 0.25) is 0 Å². The molecule has 0 bridgehead atoms. The summed E-state index contributed by atoms with van der Waals surface area (Å²) < 4.78 is 18.1. The van der Waals surface area contributed by atoms with Crippen molar-refractivity contribution in [3.8, 4) is 0 Å². The zero-order chi connectivity index (χ0) is 14.1. The summed E-state index contributed by atoms with van der Waals surface area (Å²) in [6.07, 6.45) is 3.22. The van der Waals surface area contributed by atoms with E-state index in [9.17, 15) is 4.39 Å². The molecule has 0 fully saturated rings. The van der Waals surface area contributed by atoms with Gasteiger partial charge < -0.3 is 15.7 Å². The van der Waals surface area contributed by atoms with E-state index in [4.69, 9.17) is 15.7 Å². The molecular formula is C12H19FN4O2. The molecule has 1 aromatic rings. The van der Waals surface area contributed by atoms with Crippen LogP contribution in [-0.2, 0) is 11.3 Å². The van der Waals surface area contributed by atoms with Gasteiger partial charge in [-0.3, -0.25) is 9.88 Å². The fraction of sp³-hybridized carbons (Fsp3) is 0.500. The average molecular weight is 270 g/mol. The number of aromatic nitrogens is 1. The summed E-state index contributed by atoms with van der Waals surface area (Å²) in [6, 6.07) is 1.44. The number of nitrogens with two attached hydrogens (primary N) is 1. The maximum atomic E-state index is 13.1. The second-order valence-corrected chi connectivity index (χ2v) is 4.12. The third-order valence-corrected chi connectivity index (χ3v) is 2.59. The second kappa shape index (κ2) is 8.39. The maximum Gasteiger partial charge on any atom is 0.141 e. The average Bonchev–Trinajstić information content (AvgIpc) is 2.41. The van der Waals surface area contributed by atoms with Crippen LogP contribution in [0.25, 0.3) is 0 Å². The minimum atomic E-state index is -0.361. The number of halogens is 1. The normalized spacial score (nSPS) is 12.1. The van der Waals surface area contributed by atoms with Gasteiger partial charge in [-0.05, 0) is 11.6 Å². The van der Waals surface area contributed by atoms with Gasteiger partial charge in [-0.25, -0.2) is 4.39 Å². The van der Waals surface area contributed by atoms with Crippen LogP contribution >= 0.6 is 0 Å². The van der Waals surface area contributed by atoms with Crippen LogP contribution in [0.2, 0.25) is 0 Å². The molecule has 3 N–H and O–H groups in total. The highest BCUT2D eigenvalue weighted by Gasteiger charge is 2.08. The first-order valence-corrected chi connectivity index (χ1v) is 5.93. The Hall–Kier alpha value is -1.73. The number of oxime groups is 1. The Morgan fingerprint density at radius 3 is 2.95 bits per heavy atom. The first-order chi connectivity index (χ1) is 9.15. The second-order valence-electron chi connectivity index (χ2n) is 4.12. The predicted octanol–water partition coefficient (Wildman–Crippen LogP) is 0.806. The van der Waals surface area contributed by atoms with Crippen molar-refractivity contribution < 1.29 is 14.3 Å². The van der Waals surface area contributed by atoms with Crippen molar-refractivity contribution in [2.45, 2.75) is 13.0 Å². The summed E-state index contributed by atoms with van der Waals surface area (Å²) in [7, 11) is 1.62. The molecule has 0 unspecified atom stereocenters. The SMILES string of the molecule is COCCN(CC/C(N)=N/O)Cc1cncc(F)c1. The number of hydrogen-bond donors (Lipinski definition) is 2. The smallest absolute Gasteiger partial charge is 0.141 e. The van der Waals surface area contributed by atoms with Crippen LogP contribution in [0, 0.1) is 5.82 Å². The summed E-state index contributed by atoms with van der Waals surface area (Å²) in [5.41, 5.74) is 6.21. The molecular weight excluding hydrogens is 251 g/mol. The molecule has 0 saturated carbocycles. The van der Waals surface area contributed by atoms with Gasteiger partial charge in [-0.2, -0.15) is 0 Å². The quantitative estimate of drug-likeness (QED) is 0.316. The fourth-order valence-electron chi connectivity index (χ4n) is 1.61. The number of ether oxygens (including phenoxy) is 1. The van der Waals surface area contributed by atoms with Crippen molar-refractivity contribution in [1.82, 2.24) is 9.88 Å². The Morgan fingerprint density at radius 2 is 2.32 bits per heavy atom. The summed E-state index contributed by atoms with van der Waals surface area (Å²) in [4.78, 5) is 5.83. The van der Waals surface area contributed by atoms with Crippen molar-refractivity contribution >= 4 is 5.84 Å². The van der Waals surface area contributed by atoms with Crippen LogP contribution in [0.4, 0.5) is 4.39 Å². The maximum absolute atomic E-state index is 13.1. The monoisotopic (exact) mass is 270 g/mol. The highest BCUT2D eigenvalue weighted by molar-refractivity contribution is 5.79. The first kappa shape index (κ1) is 15.3. The van der Waals surface area contributed by atoms with Crippen molar-refractivity contribution in [1.29, 1.82) is 0 Å². The number of hydrogen-bond acceptors (Lipinski definition) is 5. The molecule has 0 aromatic carbocycles. The predicted molar refractivity (Wildman–Crippen MR) is 69.4 cm³/mol. The molecule has 6 nitrogen and oxygen atoms in total. The number of methoxy groups -OCH3 is 1. The van der Waals surface area contributed by atoms with Gasteiger partial charge in [0.1, 0.15) is 11.7 Å². The third kappa shape index (κ3) is 6.12. The van der Waals surface area contributed by atoms with Crippen molar-refractivity contribution in [2.75, 3.05) is 26.8 Å². The van der Waals surface area contributed by atoms with Gasteiger partial charge in [0, 0.05) is 39.4 Å². The molecule has 0 aliphatic rings. The molecule has 0 aliphatic carbocycles. The highest BCUT2D eigenvalue weighted by Crippen LogP contribution is 2.06. The lowest BCUT2D eigenvalue weighted by molar-refractivity contribution is 0.145. The van der Waals surface area contributed by atoms with Gasteiger partial charge in [-0.15, -0.1) is 0 Å². The van der Waals surface area contributed by atoms with Crippen LogP contribution in [0.1, 0.15) is 12.0 Å². The molecule has 106 valence electrons. The Labute approximate surface area is 111 Å². The molecule has 0 radical (unpaired) electrons. The van der Waals surface area contributed by atoms with E-state index in [1.807, 2.05) is 4.90 Å². The minimum Gasteiger partial charge on any atom is -0.409 e. The van der Waals surface area contributed by atoms with Gasteiger partial charge in [-0.1, -0.05) is 5.16 Å². The summed E-state index contributed by atoms with van der Waals surface area (Å²) in [5.74, 6) is -0.194. The van der Waals surface area contributed by atoms with E-state index >= 15 is 0 Å². The van der Waals surface area contributed by atoms with Crippen LogP contribution < -0.4 is 5.73 Å². The van der Waals surface area contributed by atoms with Crippen molar-refractivity contribution in [3.05, 3.63) is 29.8 Å². The van der Waals surface area contributed by atoms with Crippen LogP contribution in [0.3, 0.4) is 0 Å². The number of amidine groups is 1. The topological polar surface area (TPSA) is 84.0 Å². The van der Waals surface area contributed by atoms with Gasteiger partial charge >= 0.3 is 0 Å². The zero-order valence-electron chi connectivity index (χ0n) is 10.9. The minimum absolute atomic E-state index is 0.166. The van der Waals surface area contributed by atoms with E-state index in [1.165, 1.54) is 12.3 Å². The lowest BCUT2D eigenvalue weighted by Crippen LogP contribution is -2.31. The molecule has 0 aliphatic heterocycles. The Bertz CT molecular complexity index is 414. The van der Waals surface area contributed by atoms with E-state index in [-0.39, 0.29) is 11.7 Å². The van der Waals surface area contributed by atoms with E-state index in [2.05, 4.69) is 10.1 Å². The van der Waals surface area contributed by atoms with E-state index < -0.39 is 0 Å². The molecule has 19 heavy (non-hydrogen) atoms. The summed E-state index contributed by atoms with van der Waals surface area (Å²) in [6.45, 7) is 2.35. The largest absolute Gasteiger partial charge is 0.409 e. The number of rotatable bonds is 8. The molecule has 1 rings (SSSR count). The van der Waals surface area contributed by atoms with Crippen molar-refractivity contribution in [2.24, 2.45) is 10.9 Å². The Morgan fingerprint density at radius 1 is 1.53 bits per heavy atom. The third-order valence-electron chi connectivity index (χ3n) is 2.59. The van der Waals surface area contributed by atoms with Gasteiger partial charge in [0.15, 0.2) is 0 Å². The molecule has 0 amide bonds. The summed E-state index contributed by atoms with van der Waals surface area (Å²) in [5, 5.41) is 11.4. The zero-order valence-corrected chi connectivity index (χ0v) is 10.9. The Kier molecular flexibility index (Phi) is 6.76. The standard InChI is InChI=1S/C12H19FN4O2/c1-19-5-4-17(3-2-12(14)16-18)9-10-6-11(13)8-15-7-10/h6-8,18H,2-5,9H2,1H3,(H2,14,16). The lowest BCUT2D eigenvalue weighted by atomic mass is 10.2. The van der Waals surface area contributed by atoms with Crippen LogP contribution in [-0.4, -0.2) is 47.7 Å². The van der Waals surface area contributed by atoms with Gasteiger partial charge in [0.25, 0.3) is 0 Å². The molecule has 0 saturated heterocycles. The number of nitrogens with zero attached hydrogens (tertiary/aromatic N) is 3. The molecule has 0 atom stereocenters. The molecule has 7 heteroatoms. The summed E-state index contributed by atoms with van der Waals surface area (Å²) >= 11 is 0. The van der Waals surface area contributed by atoms with Crippen LogP contribution in [0.15, 0.2) is 23.6 Å². The Balaban J connectivity index is 2.57. The molecule has 0 spiro atoms. The van der Waals surface area contributed by atoms with Crippen molar-refractivity contribution in [3.63, 3.8) is 0 Å². The van der Waals surface area contributed by atoms with Gasteiger partial charge in [0.05, 0.1) is 12.8 Å². The first-order valence-electron chi connectivity index (χ1n) is 5.93. The van der Waals surface area contributed by atoms with Crippen LogP contribution in [0.5, 0.6) is 0 Å².